The molecule has 2 aliphatic carbocycles. The molecule has 0 spiro atoms. The lowest BCUT2D eigenvalue weighted by Gasteiger charge is -2.29. The summed E-state index contributed by atoms with van der Waals surface area (Å²) >= 11 is 1.62. The van der Waals surface area contributed by atoms with E-state index in [9.17, 15) is 4.79 Å². The molecule has 5 rings (SSSR count). The zero-order valence-corrected chi connectivity index (χ0v) is 17.2. The largest absolute Gasteiger partial charge is 0.349 e. The van der Waals surface area contributed by atoms with E-state index in [4.69, 9.17) is 0 Å². The van der Waals surface area contributed by atoms with E-state index in [0.717, 1.165) is 54.7 Å². The fourth-order valence-corrected chi connectivity index (χ4v) is 5.64. The molecule has 29 heavy (non-hydrogen) atoms. The Morgan fingerprint density at radius 1 is 1.17 bits per heavy atom. The van der Waals surface area contributed by atoms with Crippen molar-refractivity contribution in [3.05, 3.63) is 52.4 Å². The van der Waals surface area contributed by atoms with Crippen LogP contribution in [0.5, 0.6) is 0 Å². The molecule has 3 aromatic heterocycles. The van der Waals surface area contributed by atoms with Crippen molar-refractivity contribution < 1.29 is 4.79 Å². The van der Waals surface area contributed by atoms with Crippen molar-refractivity contribution in [2.45, 2.75) is 63.5 Å². The molecular formula is C22H25N5OS. The SMILES string of the molecule is O=C(NC1CCC(n2cc(-c3ccncn3)cn2)CC1)c1scc2c1CCCC2. The van der Waals surface area contributed by atoms with Crippen molar-refractivity contribution in [3.63, 3.8) is 0 Å². The lowest BCUT2D eigenvalue weighted by Crippen LogP contribution is -2.38. The van der Waals surface area contributed by atoms with Crippen molar-refractivity contribution in [1.29, 1.82) is 0 Å². The quantitative estimate of drug-likeness (QED) is 0.704. The lowest BCUT2D eigenvalue weighted by molar-refractivity contribution is 0.0925. The number of aromatic nitrogens is 4. The van der Waals surface area contributed by atoms with Gasteiger partial charge in [0.1, 0.15) is 6.33 Å². The Balaban J connectivity index is 1.18. The number of thiophene rings is 1. The molecule has 1 amide bonds. The summed E-state index contributed by atoms with van der Waals surface area (Å²) in [5, 5.41) is 10.0. The zero-order valence-electron chi connectivity index (χ0n) is 16.4. The van der Waals surface area contributed by atoms with Crippen LogP contribution in [0.1, 0.15) is 65.4 Å². The third kappa shape index (κ3) is 3.83. The molecule has 0 aromatic carbocycles. The number of fused-ring (bicyclic) bond motifs is 1. The Bertz CT molecular complexity index is 988. The minimum atomic E-state index is 0.131. The summed E-state index contributed by atoms with van der Waals surface area (Å²) in [7, 11) is 0. The number of rotatable bonds is 4. The van der Waals surface area contributed by atoms with Gasteiger partial charge in [0, 0.05) is 24.0 Å². The molecule has 1 saturated carbocycles. The normalized spacial score (nSPS) is 21.5. The number of carbonyl (C=O) groups is 1. The molecule has 1 fully saturated rings. The number of amides is 1. The minimum absolute atomic E-state index is 0.131. The highest BCUT2D eigenvalue weighted by Gasteiger charge is 2.26. The maximum Gasteiger partial charge on any atom is 0.261 e. The van der Waals surface area contributed by atoms with E-state index in [1.807, 2.05) is 12.3 Å². The molecule has 0 saturated heterocycles. The Labute approximate surface area is 174 Å². The molecule has 0 bridgehead atoms. The van der Waals surface area contributed by atoms with E-state index in [-0.39, 0.29) is 11.9 Å². The molecular weight excluding hydrogens is 382 g/mol. The summed E-state index contributed by atoms with van der Waals surface area (Å²) in [4.78, 5) is 22.0. The van der Waals surface area contributed by atoms with Gasteiger partial charge in [-0.15, -0.1) is 11.3 Å². The highest BCUT2D eigenvalue weighted by Crippen LogP contribution is 2.32. The van der Waals surface area contributed by atoms with Crippen molar-refractivity contribution >= 4 is 17.2 Å². The molecule has 2 aliphatic rings. The third-order valence-corrected chi connectivity index (χ3v) is 7.27. The van der Waals surface area contributed by atoms with Crippen LogP contribution in [0, 0.1) is 0 Å². The maximum absolute atomic E-state index is 12.8. The predicted molar refractivity (Wildman–Crippen MR) is 113 cm³/mol. The molecule has 7 heteroatoms. The molecule has 0 unspecified atom stereocenters. The molecule has 150 valence electrons. The first kappa shape index (κ1) is 18.5. The number of hydrogen-bond acceptors (Lipinski definition) is 5. The number of hydrogen-bond donors (Lipinski definition) is 1. The summed E-state index contributed by atoms with van der Waals surface area (Å²) < 4.78 is 2.06. The summed E-state index contributed by atoms with van der Waals surface area (Å²) in [5.74, 6) is 0.131. The lowest BCUT2D eigenvalue weighted by atomic mass is 9.90. The van der Waals surface area contributed by atoms with Crippen LogP contribution in [0.4, 0.5) is 0 Å². The van der Waals surface area contributed by atoms with Gasteiger partial charge in [0.15, 0.2) is 0 Å². The van der Waals surface area contributed by atoms with E-state index in [2.05, 4.69) is 36.6 Å². The molecule has 0 radical (unpaired) electrons. The minimum Gasteiger partial charge on any atom is -0.349 e. The maximum atomic E-state index is 12.8. The smallest absolute Gasteiger partial charge is 0.261 e. The van der Waals surface area contributed by atoms with Crippen LogP contribution in [0.3, 0.4) is 0 Å². The Kier molecular flexibility index (Phi) is 5.14. The summed E-state index contributed by atoms with van der Waals surface area (Å²) in [6.07, 6.45) is 15.9. The molecule has 0 aliphatic heterocycles. The van der Waals surface area contributed by atoms with Gasteiger partial charge in [-0.2, -0.15) is 5.10 Å². The van der Waals surface area contributed by atoms with E-state index >= 15 is 0 Å². The molecule has 0 atom stereocenters. The summed E-state index contributed by atoms with van der Waals surface area (Å²) in [6.45, 7) is 0. The third-order valence-electron chi connectivity index (χ3n) is 6.20. The van der Waals surface area contributed by atoms with Gasteiger partial charge in [-0.3, -0.25) is 9.48 Å². The first-order chi connectivity index (χ1) is 14.3. The Morgan fingerprint density at radius 3 is 2.86 bits per heavy atom. The van der Waals surface area contributed by atoms with Crippen molar-refractivity contribution in [1.82, 2.24) is 25.1 Å². The Morgan fingerprint density at radius 2 is 2.03 bits per heavy atom. The predicted octanol–water partition coefficient (Wildman–Crippen LogP) is 4.19. The van der Waals surface area contributed by atoms with Crippen LogP contribution in [0.25, 0.3) is 11.3 Å². The van der Waals surface area contributed by atoms with Crippen molar-refractivity contribution in [2.75, 3.05) is 0 Å². The highest BCUT2D eigenvalue weighted by molar-refractivity contribution is 7.12. The van der Waals surface area contributed by atoms with Crippen LogP contribution in [-0.2, 0) is 12.8 Å². The van der Waals surface area contributed by atoms with Gasteiger partial charge < -0.3 is 5.32 Å². The highest BCUT2D eigenvalue weighted by atomic mass is 32.1. The van der Waals surface area contributed by atoms with Crippen LogP contribution < -0.4 is 5.32 Å². The number of carbonyl (C=O) groups excluding carboxylic acids is 1. The molecule has 1 N–H and O–H groups in total. The standard InChI is InChI=1S/C22H25N5OS/c28-22(21-19-4-2-1-3-15(19)13-29-21)26-17-5-7-18(8-6-17)27-12-16(11-25-27)20-9-10-23-14-24-20/h9-14,17-18H,1-8H2,(H,26,28). The van der Waals surface area contributed by atoms with Crippen molar-refractivity contribution in [2.24, 2.45) is 0 Å². The fourth-order valence-electron chi connectivity index (χ4n) is 4.58. The second kappa shape index (κ2) is 8.06. The van der Waals surface area contributed by atoms with E-state index in [1.165, 1.54) is 24.0 Å². The van der Waals surface area contributed by atoms with Gasteiger partial charge >= 0.3 is 0 Å². The topological polar surface area (TPSA) is 72.7 Å². The Hall–Kier alpha value is -2.54. The van der Waals surface area contributed by atoms with E-state index in [0.29, 0.717) is 6.04 Å². The second-order valence-corrected chi connectivity index (χ2v) is 8.94. The second-order valence-electron chi connectivity index (χ2n) is 8.06. The molecule has 3 heterocycles. The average molecular weight is 408 g/mol. The van der Waals surface area contributed by atoms with E-state index < -0.39 is 0 Å². The van der Waals surface area contributed by atoms with Crippen LogP contribution in [-0.4, -0.2) is 31.7 Å². The first-order valence-electron chi connectivity index (χ1n) is 10.5. The van der Waals surface area contributed by atoms with Gasteiger partial charge in [-0.05, 0) is 73.9 Å². The first-order valence-corrected chi connectivity index (χ1v) is 11.4. The van der Waals surface area contributed by atoms with Gasteiger partial charge in [-0.25, -0.2) is 9.97 Å². The van der Waals surface area contributed by atoms with Gasteiger partial charge in [0.25, 0.3) is 5.91 Å². The summed E-state index contributed by atoms with van der Waals surface area (Å²) in [6, 6.07) is 2.54. The fraction of sp³-hybridized carbons (Fsp3) is 0.455. The van der Waals surface area contributed by atoms with Gasteiger partial charge in [0.2, 0.25) is 0 Å². The van der Waals surface area contributed by atoms with Crippen LogP contribution in [0.2, 0.25) is 0 Å². The monoisotopic (exact) mass is 407 g/mol. The molecule has 3 aromatic rings. The number of aryl methyl sites for hydroxylation is 1. The summed E-state index contributed by atoms with van der Waals surface area (Å²) in [5.41, 5.74) is 4.62. The number of nitrogens with zero attached hydrogens (tertiary/aromatic N) is 4. The average Bonchev–Trinajstić information content (AvgIpc) is 3.43. The number of nitrogens with one attached hydrogen (secondary N) is 1. The van der Waals surface area contributed by atoms with E-state index in [1.54, 1.807) is 23.9 Å². The van der Waals surface area contributed by atoms with Gasteiger partial charge in [-0.1, -0.05) is 0 Å². The van der Waals surface area contributed by atoms with Crippen LogP contribution >= 0.6 is 11.3 Å². The van der Waals surface area contributed by atoms with Gasteiger partial charge in [0.05, 0.1) is 22.8 Å². The zero-order chi connectivity index (χ0) is 19.6. The molecule has 6 nitrogen and oxygen atoms in total. The van der Waals surface area contributed by atoms with Crippen LogP contribution in [0.15, 0.2) is 36.4 Å². The van der Waals surface area contributed by atoms with Crippen molar-refractivity contribution in [3.8, 4) is 11.3 Å².